The topological polar surface area (TPSA) is 76.0 Å². The summed E-state index contributed by atoms with van der Waals surface area (Å²) < 4.78 is 28.1. The molecule has 1 aromatic heterocycles. The fourth-order valence-corrected chi connectivity index (χ4v) is 3.26. The van der Waals surface area contributed by atoms with Crippen LogP contribution >= 0.6 is 0 Å². The first kappa shape index (κ1) is 11.4. The Balaban J connectivity index is 2.10. The van der Waals surface area contributed by atoms with Gasteiger partial charge in [0.2, 0.25) is 10.0 Å². The maximum absolute atomic E-state index is 12.0. The molecular weight excluding hydrogens is 228 g/mol. The molecule has 0 spiro atoms. The van der Waals surface area contributed by atoms with Crippen LogP contribution in [0, 0.1) is 0 Å². The number of piperidine rings is 1. The molecule has 2 N–H and O–H groups in total. The lowest BCUT2D eigenvalue weighted by atomic mass is 10.2. The Morgan fingerprint density at radius 1 is 1.62 bits per heavy atom. The predicted molar refractivity (Wildman–Crippen MR) is 61.6 cm³/mol. The van der Waals surface area contributed by atoms with Gasteiger partial charge in [0, 0.05) is 19.7 Å². The van der Waals surface area contributed by atoms with E-state index in [1.807, 2.05) is 0 Å². The molecule has 90 valence electrons. The Kier molecular flexibility index (Phi) is 3.15. The maximum atomic E-state index is 12.0. The Labute approximate surface area is 95.1 Å². The van der Waals surface area contributed by atoms with Gasteiger partial charge in [-0.05, 0) is 19.4 Å². The standard InChI is InChI=1S/C9H16N4O2S/c1-13-9(4-6-11-13)12-16(14,15)8-3-2-5-10-7-8/h4,6,8,10,12H,2-3,5,7H2,1H3. The molecule has 1 atom stereocenters. The number of aromatic nitrogens is 2. The van der Waals surface area contributed by atoms with Crippen LogP contribution in [0.1, 0.15) is 12.8 Å². The van der Waals surface area contributed by atoms with Crippen LogP contribution in [-0.2, 0) is 17.1 Å². The molecule has 2 rings (SSSR count). The van der Waals surface area contributed by atoms with E-state index < -0.39 is 10.0 Å². The highest BCUT2D eigenvalue weighted by Gasteiger charge is 2.27. The highest BCUT2D eigenvalue weighted by molar-refractivity contribution is 7.93. The van der Waals surface area contributed by atoms with Gasteiger partial charge < -0.3 is 5.32 Å². The fraction of sp³-hybridized carbons (Fsp3) is 0.667. The van der Waals surface area contributed by atoms with Crippen molar-refractivity contribution in [2.24, 2.45) is 7.05 Å². The van der Waals surface area contributed by atoms with Crippen molar-refractivity contribution in [2.75, 3.05) is 17.8 Å². The maximum Gasteiger partial charge on any atom is 0.238 e. The van der Waals surface area contributed by atoms with Crippen LogP contribution in [0.3, 0.4) is 0 Å². The lowest BCUT2D eigenvalue weighted by Gasteiger charge is -2.23. The molecule has 0 aromatic carbocycles. The monoisotopic (exact) mass is 244 g/mol. The van der Waals surface area contributed by atoms with Crippen molar-refractivity contribution < 1.29 is 8.42 Å². The Morgan fingerprint density at radius 2 is 2.44 bits per heavy atom. The number of hydrogen-bond donors (Lipinski definition) is 2. The van der Waals surface area contributed by atoms with E-state index in [1.165, 1.54) is 4.68 Å². The van der Waals surface area contributed by atoms with Gasteiger partial charge >= 0.3 is 0 Å². The van der Waals surface area contributed by atoms with Crippen molar-refractivity contribution in [1.82, 2.24) is 15.1 Å². The van der Waals surface area contributed by atoms with E-state index in [4.69, 9.17) is 0 Å². The van der Waals surface area contributed by atoms with Crippen LogP contribution in [-0.4, -0.2) is 36.5 Å². The minimum atomic E-state index is -3.30. The molecule has 1 aromatic rings. The molecule has 1 aliphatic heterocycles. The van der Waals surface area contributed by atoms with Gasteiger partial charge in [-0.2, -0.15) is 5.10 Å². The minimum Gasteiger partial charge on any atom is -0.315 e. The number of aryl methyl sites for hydroxylation is 1. The first-order valence-electron chi connectivity index (χ1n) is 5.30. The van der Waals surface area contributed by atoms with Gasteiger partial charge in [0.1, 0.15) is 5.82 Å². The van der Waals surface area contributed by atoms with Crippen LogP contribution in [0.25, 0.3) is 0 Å². The molecular formula is C9H16N4O2S. The highest BCUT2D eigenvalue weighted by Crippen LogP contribution is 2.15. The first-order chi connectivity index (χ1) is 7.59. The van der Waals surface area contributed by atoms with Gasteiger partial charge in [-0.15, -0.1) is 0 Å². The molecule has 0 aliphatic carbocycles. The number of nitrogens with zero attached hydrogens (tertiary/aromatic N) is 2. The molecule has 7 heteroatoms. The smallest absolute Gasteiger partial charge is 0.238 e. The van der Waals surface area contributed by atoms with Gasteiger partial charge in [0.05, 0.1) is 11.4 Å². The summed E-state index contributed by atoms with van der Waals surface area (Å²) in [5.74, 6) is 0.505. The molecule has 0 saturated carbocycles. The number of sulfonamides is 1. The summed E-state index contributed by atoms with van der Waals surface area (Å²) in [6.45, 7) is 1.42. The molecule has 0 amide bonds. The van der Waals surface area contributed by atoms with Crippen LogP contribution in [0.2, 0.25) is 0 Å². The van der Waals surface area contributed by atoms with E-state index in [0.717, 1.165) is 13.0 Å². The number of hydrogen-bond acceptors (Lipinski definition) is 4. The highest BCUT2D eigenvalue weighted by atomic mass is 32.2. The Morgan fingerprint density at radius 3 is 3.00 bits per heavy atom. The number of nitrogens with one attached hydrogen (secondary N) is 2. The van der Waals surface area contributed by atoms with Crippen molar-refractivity contribution >= 4 is 15.8 Å². The lowest BCUT2D eigenvalue weighted by molar-refractivity contribution is 0.499. The van der Waals surface area contributed by atoms with Gasteiger partial charge in [0.25, 0.3) is 0 Å². The predicted octanol–water partition coefficient (Wildman–Crippen LogP) is -0.0862. The minimum absolute atomic E-state index is 0.351. The van der Waals surface area contributed by atoms with E-state index >= 15 is 0 Å². The summed E-state index contributed by atoms with van der Waals surface area (Å²) in [5.41, 5.74) is 0. The lowest BCUT2D eigenvalue weighted by Crippen LogP contribution is -2.41. The average molecular weight is 244 g/mol. The van der Waals surface area contributed by atoms with E-state index in [-0.39, 0.29) is 5.25 Å². The average Bonchev–Trinajstić information content (AvgIpc) is 2.65. The van der Waals surface area contributed by atoms with Crippen molar-refractivity contribution in [3.05, 3.63) is 12.3 Å². The summed E-state index contributed by atoms with van der Waals surface area (Å²) in [6, 6.07) is 1.65. The van der Waals surface area contributed by atoms with Crippen LogP contribution in [0.15, 0.2) is 12.3 Å². The molecule has 1 unspecified atom stereocenters. The van der Waals surface area contributed by atoms with Gasteiger partial charge in [-0.3, -0.25) is 9.40 Å². The van der Waals surface area contributed by atoms with Crippen molar-refractivity contribution in [3.63, 3.8) is 0 Å². The molecule has 2 heterocycles. The van der Waals surface area contributed by atoms with Crippen LogP contribution in [0.4, 0.5) is 5.82 Å². The Bertz CT molecular complexity index is 448. The fourth-order valence-electron chi connectivity index (χ4n) is 1.79. The zero-order valence-electron chi connectivity index (χ0n) is 9.18. The van der Waals surface area contributed by atoms with Gasteiger partial charge in [-0.25, -0.2) is 8.42 Å². The molecule has 0 radical (unpaired) electrons. The largest absolute Gasteiger partial charge is 0.315 e. The molecule has 16 heavy (non-hydrogen) atoms. The molecule has 1 fully saturated rings. The molecule has 0 bridgehead atoms. The number of anilines is 1. The van der Waals surface area contributed by atoms with Crippen molar-refractivity contribution in [1.29, 1.82) is 0 Å². The zero-order valence-corrected chi connectivity index (χ0v) is 10.00. The summed E-state index contributed by atoms with van der Waals surface area (Å²) in [6.07, 6.45) is 3.17. The summed E-state index contributed by atoms with van der Waals surface area (Å²) in [4.78, 5) is 0. The van der Waals surface area contributed by atoms with Gasteiger partial charge in [-0.1, -0.05) is 0 Å². The molecule has 1 saturated heterocycles. The quantitative estimate of drug-likeness (QED) is 0.779. The first-order valence-corrected chi connectivity index (χ1v) is 6.84. The van der Waals surface area contributed by atoms with E-state index in [9.17, 15) is 8.42 Å². The second-order valence-electron chi connectivity index (χ2n) is 3.96. The third-order valence-corrected chi connectivity index (χ3v) is 4.53. The van der Waals surface area contributed by atoms with E-state index in [2.05, 4.69) is 15.1 Å². The molecule has 1 aliphatic rings. The second kappa shape index (κ2) is 4.42. The van der Waals surface area contributed by atoms with Crippen LogP contribution < -0.4 is 10.0 Å². The van der Waals surface area contributed by atoms with E-state index in [1.54, 1.807) is 19.3 Å². The van der Waals surface area contributed by atoms with Gasteiger partial charge in [0.15, 0.2) is 0 Å². The normalized spacial score (nSPS) is 21.9. The zero-order chi connectivity index (χ0) is 11.6. The van der Waals surface area contributed by atoms with Crippen molar-refractivity contribution in [3.8, 4) is 0 Å². The SMILES string of the molecule is Cn1nccc1NS(=O)(=O)C1CCCNC1. The third-order valence-electron chi connectivity index (χ3n) is 2.76. The summed E-state index contributed by atoms with van der Waals surface area (Å²) in [7, 11) is -1.60. The molecule has 6 nitrogen and oxygen atoms in total. The second-order valence-corrected chi connectivity index (χ2v) is 5.92. The van der Waals surface area contributed by atoms with Crippen molar-refractivity contribution in [2.45, 2.75) is 18.1 Å². The third kappa shape index (κ3) is 2.35. The summed E-state index contributed by atoms with van der Waals surface area (Å²) in [5, 5.41) is 6.66. The van der Waals surface area contributed by atoms with E-state index in [0.29, 0.717) is 18.8 Å². The Hall–Kier alpha value is -1.08. The van der Waals surface area contributed by atoms with Crippen LogP contribution in [0.5, 0.6) is 0 Å². The summed E-state index contributed by atoms with van der Waals surface area (Å²) >= 11 is 0. The number of rotatable bonds is 3.